The van der Waals surface area contributed by atoms with Gasteiger partial charge < -0.3 is 29.9 Å². The molecule has 0 aromatic rings. The van der Waals surface area contributed by atoms with E-state index in [-0.39, 0.29) is 0 Å². The molecule has 126 valence electrons. The van der Waals surface area contributed by atoms with Crippen LogP contribution in [0.1, 0.15) is 51.9 Å². The van der Waals surface area contributed by atoms with Gasteiger partial charge in [-0.2, -0.15) is 0 Å². The van der Waals surface area contributed by atoms with Gasteiger partial charge in [-0.15, -0.1) is 0 Å². The van der Waals surface area contributed by atoms with Crippen molar-refractivity contribution >= 4 is 0 Å². The average molecular weight is 306 g/mol. The van der Waals surface area contributed by atoms with Gasteiger partial charge >= 0.3 is 0 Å². The van der Waals surface area contributed by atoms with Crippen LogP contribution in [-0.2, 0) is 9.47 Å². The van der Waals surface area contributed by atoms with Crippen LogP contribution < -0.4 is 0 Å². The Bertz CT molecular complexity index is 263. The fourth-order valence-electron chi connectivity index (χ4n) is 2.54. The van der Waals surface area contributed by atoms with Gasteiger partial charge in [0.2, 0.25) is 0 Å². The highest BCUT2D eigenvalue weighted by molar-refractivity contribution is 4.89. The van der Waals surface area contributed by atoms with Crippen molar-refractivity contribution in [2.24, 2.45) is 0 Å². The predicted octanol–water partition coefficient (Wildman–Crippen LogP) is 0.553. The Kier molecular flexibility index (Phi) is 9.39. The molecule has 0 saturated carbocycles. The Hall–Kier alpha value is -0.240. The Labute approximate surface area is 126 Å². The number of rotatable bonds is 10. The maximum absolute atomic E-state index is 9.94. The Balaban J connectivity index is 2.19. The highest BCUT2D eigenvalue weighted by Gasteiger charge is 2.44. The first kappa shape index (κ1) is 18.8. The minimum absolute atomic E-state index is 0.414. The molecule has 5 atom stereocenters. The van der Waals surface area contributed by atoms with Gasteiger partial charge in [0, 0.05) is 6.61 Å². The Morgan fingerprint density at radius 1 is 0.905 bits per heavy atom. The highest BCUT2D eigenvalue weighted by atomic mass is 16.6. The number of unbranched alkanes of at least 4 members (excludes halogenated alkanes) is 6. The lowest BCUT2D eigenvalue weighted by molar-refractivity contribution is -0.294. The van der Waals surface area contributed by atoms with Crippen LogP contribution in [0, 0.1) is 0 Å². The number of ether oxygens (including phenoxy) is 2. The molecule has 0 bridgehead atoms. The molecule has 21 heavy (non-hydrogen) atoms. The van der Waals surface area contributed by atoms with Crippen LogP contribution in [-0.4, -0.2) is 64.3 Å². The molecule has 0 amide bonds. The van der Waals surface area contributed by atoms with E-state index in [2.05, 4.69) is 6.92 Å². The fraction of sp³-hybridized carbons (Fsp3) is 1.00. The second kappa shape index (κ2) is 10.5. The van der Waals surface area contributed by atoms with E-state index in [0.717, 1.165) is 19.3 Å². The van der Waals surface area contributed by atoms with Gasteiger partial charge in [0.1, 0.15) is 24.4 Å². The van der Waals surface area contributed by atoms with Gasteiger partial charge in [0.25, 0.3) is 0 Å². The molecule has 1 rings (SSSR count). The zero-order chi connectivity index (χ0) is 15.7. The highest BCUT2D eigenvalue weighted by Crippen LogP contribution is 2.22. The van der Waals surface area contributed by atoms with E-state index in [1.54, 1.807) is 0 Å². The van der Waals surface area contributed by atoms with Crippen LogP contribution >= 0.6 is 0 Å². The lowest BCUT2D eigenvalue weighted by Crippen LogP contribution is -2.59. The second-order valence-corrected chi connectivity index (χ2v) is 5.69. The van der Waals surface area contributed by atoms with E-state index in [9.17, 15) is 15.3 Å². The van der Waals surface area contributed by atoms with Crippen molar-refractivity contribution in [1.82, 2.24) is 0 Å². The predicted molar refractivity (Wildman–Crippen MR) is 77.7 cm³/mol. The van der Waals surface area contributed by atoms with Crippen LogP contribution in [0.4, 0.5) is 0 Å². The van der Waals surface area contributed by atoms with Crippen LogP contribution in [0.5, 0.6) is 0 Å². The molecule has 6 heteroatoms. The van der Waals surface area contributed by atoms with Crippen molar-refractivity contribution in [3.8, 4) is 0 Å². The third-order valence-corrected chi connectivity index (χ3v) is 3.90. The van der Waals surface area contributed by atoms with Crippen molar-refractivity contribution in [3.05, 3.63) is 0 Å². The maximum Gasteiger partial charge on any atom is 0.184 e. The molecular formula is C15H30O6. The summed E-state index contributed by atoms with van der Waals surface area (Å²) in [6.07, 6.45) is 2.32. The molecule has 1 unspecified atom stereocenters. The number of hydrogen-bond donors (Lipinski definition) is 4. The summed E-state index contributed by atoms with van der Waals surface area (Å²) < 4.78 is 10.4. The molecule has 1 heterocycles. The lowest BCUT2D eigenvalue weighted by atomic mass is 9.99. The van der Waals surface area contributed by atoms with Crippen molar-refractivity contribution in [2.45, 2.75) is 82.6 Å². The molecule has 1 fully saturated rings. The van der Waals surface area contributed by atoms with Gasteiger partial charge in [0.15, 0.2) is 6.29 Å². The van der Waals surface area contributed by atoms with Crippen molar-refractivity contribution in [3.63, 3.8) is 0 Å². The summed E-state index contributed by atoms with van der Waals surface area (Å²) in [4.78, 5) is 0. The summed E-state index contributed by atoms with van der Waals surface area (Å²) in [5.41, 5.74) is 0. The van der Waals surface area contributed by atoms with E-state index in [1.165, 1.54) is 25.7 Å². The zero-order valence-corrected chi connectivity index (χ0v) is 12.9. The van der Waals surface area contributed by atoms with Gasteiger partial charge in [-0.1, -0.05) is 45.4 Å². The fourth-order valence-corrected chi connectivity index (χ4v) is 2.54. The number of aliphatic hydroxyl groups excluding tert-OH is 4. The maximum atomic E-state index is 9.94. The molecule has 0 aromatic carbocycles. The zero-order valence-electron chi connectivity index (χ0n) is 12.9. The standard InChI is InChI=1S/C15H30O6/c1-2-3-4-5-6-7-8-9-20-14-12(17)11(10-16)21-15(19)13(14)18/h11-19H,2-10H2,1H3/t11-,12-,13-,14+,15?/m1/s1. The third-order valence-electron chi connectivity index (χ3n) is 3.90. The van der Waals surface area contributed by atoms with Crippen LogP contribution in [0.3, 0.4) is 0 Å². The van der Waals surface area contributed by atoms with Gasteiger partial charge in [-0.3, -0.25) is 0 Å². The van der Waals surface area contributed by atoms with Crippen LogP contribution in [0.2, 0.25) is 0 Å². The van der Waals surface area contributed by atoms with E-state index < -0.39 is 37.3 Å². The Morgan fingerprint density at radius 3 is 2.14 bits per heavy atom. The summed E-state index contributed by atoms with van der Waals surface area (Å²) >= 11 is 0. The van der Waals surface area contributed by atoms with E-state index in [1.807, 2.05) is 0 Å². The van der Waals surface area contributed by atoms with Gasteiger partial charge in [-0.05, 0) is 6.42 Å². The number of aliphatic hydroxyl groups is 4. The summed E-state index contributed by atoms with van der Waals surface area (Å²) in [7, 11) is 0. The van der Waals surface area contributed by atoms with Gasteiger partial charge in [0.05, 0.1) is 6.61 Å². The molecule has 0 radical (unpaired) electrons. The molecule has 1 aliphatic rings. The van der Waals surface area contributed by atoms with Crippen LogP contribution in [0.25, 0.3) is 0 Å². The Morgan fingerprint density at radius 2 is 1.52 bits per heavy atom. The molecule has 1 saturated heterocycles. The monoisotopic (exact) mass is 306 g/mol. The molecular weight excluding hydrogens is 276 g/mol. The largest absolute Gasteiger partial charge is 0.394 e. The summed E-state index contributed by atoms with van der Waals surface area (Å²) in [6.45, 7) is 2.17. The summed E-state index contributed by atoms with van der Waals surface area (Å²) in [5, 5.41) is 38.3. The van der Waals surface area contributed by atoms with E-state index in [0.29, 0.717) is 6.61 Å². The van der Waals surface area contributed by atoms with Crippen LogP contribution in [0.15, 0.2) is 0 Å². The first-order valence-electron chi connectivity index (χ1n) is 8.04. The molecule has 0 aliphatic carbocycles. The SMILES string of the molecule is CCCCCCCCCO[C@H]1[C@H](O)[C@@H](CO)OC(O)[C@@H]1O. The van der Waals surface area contributed by atoms with E-state index in [4.69, 9.17) is 14.6 Å². The minimum Gasteiger partial charge on any atom is -0.394 e. The summed E-state index contributed by atoms with van der Waals surface area (Å²) in [5.74, 6) is 0. The first-order valence-corrected chi connectivity index (χ1v) is 8.04. The lowest BCUT2D eigenvalue weighted by Gasteiger charge is -2.39. The van der Waals surface area contributed by atoms with Crippen molar-refractivity contribution < 1.29 is 29.9 Å². The van der Waals surface area contributed by atoms with Gasteiger partial charge in [-0.25, -0.2) is 0 Å². The molecule has 1 aliphatic heterocycles. The summed E-state index contributed by atoms with van der Waals surface area (Å²) in [6, 6.07) is 0. The molecule has 6 nitrogen and oxygen atoms in total. The number of hydrogen-bond acceptors (Lipinski definition) is 6. The topological polar surface area (TPSA) is 99.4 Å². The quantitative estimate of drug-likeness (QED) is 0.440. The smallest absolute Gasteiger partial charge is 0.184 e. The molecule has 4 N–H and O–H groups in total. The van der Waals surface area contributed by atoms with Crippen molar-refractivity contribution in [1.29, 1.82) is 0 Å². The third kappa shape index (κ3) is 6.18. The average Bonchev–Trinajstić information content (AvgIpc) is 2.48. The molecule has 0 aromatic heterocycles. The second-order valence-electron chi connectivity index (χ2n) is 5.69. The van der Waals surface area contributed by atoms with E-state index >= 15 is 0 Å². The normalized spacial score (nSPS) is 33.3. The molecule has 0 spiro atoms. The minimum atomic E-state index is -1.44. The first-order chi connectivity index (χ1) is 10.1. The van der Waals surface area contributed by atoms with Crippen molar-refractivity contribution in [2.75, 3.05) is 13.2 Å².